The molecule has 6 atom stereocenters. The molecule has 0 spiro atoms. The number of amides is 4. The fraction of sp³-hybridized carbons (Fsp3) is 0.462. The van der Waals surface area contributed by atoms with E-state index >= 15 is 8.78 Å². The summed E-state index contributed by atoms with van der Waals surface area (Å²) in [6.45, 7) is 3.11. The van der Waals surface area contributed by atoms with E-state index in [0.29, 0.717) is 62.0 Å². The van der Waals surface area contributed by atoms with E-state index in [-0.39, 0.29) is 16.8 Å². The van der Waals surface area contributed by atoms with Gasteiger partial charge in [0.05, 0.1) is 55.0 Å². The Balaban J connectivity index is 1.17. The van der Waals surface area contributed by atoms with Crippen molar-refractivity contribution in [3.63, 3.8) is 0 Å². The summed E-state index contributed by atoms with van der Waals surface area (Å²) >= 11 is 0. The van der Waals surface area contributed by atoms with E-state index in [2.05, 4.69) is 41.7 Å². The summed E-state index contributed by atoms with van der Waals surface area (Å²) in [4.78, 5) is 65.3. The zero-order valence-electron chi connectivity index (χ0n) is 42.6. The highest BCUT2D eigenvalue weighted by Crippen LogP contribution is 2.42. The first kappa shape index (κ1) is 58.5. The number of piperidine rings is 1. The molecule has 26 heteroatoms. The number of halogens is 9. The summed E-state index contributed by atoms with van der Waals surface area (Å²) in [5, 5.41) is 27.6. The van der Waals surface area contributed by atoms with E-state index < -0.39 is 114 Å². The molecule has 0 aliphatic carbocycles. The number of ether oxygens (including phenoxy) is 2. The van der Waals surface area contributed by atoms with E-state index in [1.54, 1.807) is 16.8 Å². The average Bonchev–Trinajstić information content (AvgIpc) is 3.48. The van der Waals surface area contributed by atoms with Crippen molar-refractivity contribution >= 4 is 29.8 Å². The predicted octanol–water partition coefficient (Wildman–Crippen LogP) is 6.08. The number of hydrazine groups is 1. The van der Waals surface area contributed by atoms with Crippen molar-refractivity contribution < 1.29 is 78.4 Å². The Morgan fingerprint density at radius 2 is 1.38 bits per heavy atom. The summed E-state index contributed by atoms with van der Waals surface area (Å²) < 4.78 is 143. The van der Waals surface area contributed by atoms with Gasteiger partial charge in [0.15, 0.2) is 0 Å². The fourth-order valence-corrected chi connectivity index (χ4v) is 9.29. The Kier molecular flexibility index (Phi) is 17.5. The lowest BCUT2D eigenvalue weighted by Crippen LogP contribution is -2.74. The summed E-state index contributed by atoms with van der Waals surface area (Å²) in [5.41, 5.74) is -4.25. The molecular weight excluding hydrogens is 1050 g/mol. The first-order valence-corrected chi connectivity index (χ1v) is 24.3. The highest BCUT2D eigenvalue weighted by molar-refractivity contribution is 5.87. The molecule has 4 fully saturated rings. The van der Waals surface area contributed by atoms with Gasteiger partial charge < -0.3 is 40.5 Å². The van der Waals surface area contributed by atoms with Gasteiger partial charge in [-0.2, -0.15) is 26.3 Å². The zero-order chi connectivity index (χ0) is 57.1. The zero-order valence-corrected chi connectivity index (χ0v) is 42.6. The van der Waals surface area contributed by atoms with Gasteiger partial charge in [0.2, 0.25) is 5.91 Å². The summed E-state index contributed by atoms with van der Waals surface area (Å²) in [6.07, 6.45) is -12.8. The normalized spacial score (nSPS) is 18.5. The predicted molar refractivity (Wildman–Crippen MR) is 261 cm³/mol. The summed E-state index contributed by atoms with van der Waals surface area (Å²) in [5.74, 6) is -0.0195. The number of rotatable bonds is 18. The van der Waals surface area contributed by atoms with Crippen molar-refractivity contribution in [2.75, 3.05) is 44.9 Å². The van der Waals surface area contributed by atoms with Crippen molar-refractivity contribution in [1.82, 2.24) is 41.3 Å². The lowest BCUT2D eigenvalue weighted by molar-refractivity contribution is -0.221. The largest absolute Gasteiger partial charge is 0.465 e. The van der Waals surface area contributed by atoms with Crippen molar-refractivity contribution in [1.29, 1.82) is 0 Å². The van der Waals surface area contributed by atoms with Crippen molar-refractivity contribution in [2.45, 2.75) is 102 Å². The number of carbonyl (C=O) groups excluding carboxylic acids is 3. The van der Waals surface area contributed by atoms with Gasteiger partial charge in [0.25, 0.3) is 5.91 Å². The van der Waals surface area contributed by atoms with E-state index in [9.17, 15) is 60.1 Å². The van der Waals surface area contributed by atoms with Gasteiger partial charge in [0.1, 0.15) is 35.4 Å². The van der Waals surface area contributed by atoms with Crippen LogP contribution in [0.25, 0.3) is 11.3 Å². The lowest BCUT2D eigenvalue weighted by atomic mass is 9.82. The number of fused-ring (bicyclic) bond motifs is 2. The van der Waals surface area contributed by atoms with Crippen LogP contribution in [0.3, 0.4) is 0 Å². The number of piperazine rings is 1. The topological polar surface area (TPSA) is 211 Å². The maximum Gasteiger partial charge on any atom is 0.407 e. The maximum atomic E-state index is 16.0. The average molecular weight is 1110 g/mol. The molecule has 0 radical (unpaired) electrons. The van der Waals surface area contributed by atoms with Crippen LogP contribution < -0.4 is 26.3 Å². The van der Waals surface area contributed by atoms with Gasteiger partial charge >= 0.3 is 24.5 Å². The van der Waals surface area contributed by atoms with E-state index in [1.807, 2.05) is 17.6 Å². The number of anilines is 1. The number of aliphatic hydroxyl groups is 1. The third kappa shape index (κ3) is 13.4. The molecule has 4 aliphatic rings. The van der Waals surface area contributed by atoms with Crippen LogP contribution in [0.4, 0.5) is 54.9 Å². The lowest BCUT2D eigenvalue weighted by Gasteiger charge is -2.60. The number of hydrogen-bond acceptors (Lipinski definition) is 12. The Labute approximate surface area is 441 Å². The Hall–Kier alpha value is -7.21. The van der Waals surface area contributed by atoms with Gasteiger partial charge in [-0.1, -0.05) is 24.0 Å². The van der Waals surface area contributed by atoms with Crippen LogP contribution in [0.2, 0.25) is 0 Å². The second-order valence-electron chi connectivity index (χ2n) is 20.4. The van der Waals surface area contributed by atoms with Crippen LogP contribution in [0.15, 0.2) is 73.1 Å². The number of nitrogens with one attached hydrogen (secondary N) is 4. The van der Waals surface area contributed by atoms with Crippen LogP contribution >= 0.6 is 0 Å². The Morgan fingerprint density at radius 1 is 0.795 bits per heavy atom. The second kappa shape index (κ2) is 23.4. The molecule has 6 N–H and O–H groups in total. The molecule has 2 unspecified atom stereocenters. The monoisotopic (exact) mass is 1110 g/mol. The molecule has 4 amide bonds. The van der Waals surface area contributed by atoms with Gasteiger partial charge in [-0.15, -0.1) is 0 Å². The first-order chi connectivity index (χ1) is 36.6. The van der Waals surface area contributed by atoms with Gasteiger partial charge in [-0.05, 0) is 88.6 Å². The number of aromatic nitrogens is 2. The molecule has 4 aliphatic heterocycles. The molecule has 0 saturated carbocycles. The van der Waals surface area contributed by atoms with Crippen LogP contribution in [-0.2, 0) is 32.0 Å². The first-order valence-electron chi connectivity index (χ1n) is 24.3. The van der Waals surface area contributed by atoms with E-state index in [0.717, 1.165) is 76.1 Å². The van der Waals surface area contributed by atoms with Crippen molar-refractivity contribution in [3.8, 4) is 23.1 Å². The highest BCUT2D eigenvalue weighted by atomic mass is 19.4. The molecule has 420 valence electrons. The Bertz CT molecular complexity index is 2860. The minimum atomic E-state index is -5.22. The molecule has 8 rings (SSSR count). The standard InChI is InChI=1S/C52H56F9N9O8/c1-49(2,51(56,57)58)43(65-47(74)75)45(72)64-40(16-29-9-6-28(7-10-29)8-11-30-12-13-42(63-21-30)68-22-33-20-34(23-68)70(33)35-26-78-27-35)41(71)25-69(67-46(73)44(66-48(76)77-5)50(3,4)52(59,60)61)24-36-37(54)17-31(18-38(36)55)39-19-32(53)14-15-62-39/h6-7,9-10,12-15,17-19,21,33-35,40-41,43-44,65,71H,16,20,22-27H2,1-5H3,(H,64,72)(H,66,76)(H,67,73)(H,74,75)/t33?,34?,40-,41-,43+,44+/m0/s1. The molecule has 4 saturated heterocycles. The van der Waals surface area contributed by atoms with Crippen LogP contribution in [0.5, 0.6) is 0 Å². The molecule has 2 aromatic carbocycles. The number of carbonyl (C=O) groups is 4. The fourth-order valence-electron chi connectivity index (χ4n) is 9.29. The smallest absolute Gasteiger partial charge is 0.407 e. The third-order valence-electron chi connectivity index (χ3n) is 14.2. The Morgan fingerprint density at radius 3 is 1.91 bits per heavy atom. The minimum absolute atomic E-state index is 0.215. The van der Waals surface area contributed by atoms with Gasteiger partial charge in [-0.25, -0.2) is 32.8 Å². The number of nitrogens with zero attached hydrogens (tertiary/aromatic N) is 5. The highest BCUT2D eigenvalue weighted by Gasteiger charge is 2.57. The molecule has 2 bridgehead atoms. The van der Waals surface area contributed by atoms with Gasteiger partial charge in [0, 0.05) is 79.0 Å². The number of pyridine rings is 2. The third-order valence-corrected chi connectivity index (χ3v) is 14.2. The molecule has 78 heavy (non-hydrogen) atoms. The molecule has 17 nitrogen and oxygen atoms in total. The summed E-state index contributed by atoms with van der Waals surface area (Å²) in [6, 6.07) is 7.44. The minimum Gasteiger partial charge on any atom is -0.465 e. The maximum absolute atomic E-state index is 16.0. The van der Waals surface area contributed by atoms with Crippen LogP contribution in [0.1, 0.15) is 56.4 Å². The number of carboxylic acid groups (broad SMARTS) is 1. The quantitative estimate of drug-likeness (QED) is 0.0380. The van der Waals surface area contributed by atoms with Crippen LogP contribution in [0, 0.1) is 40.1 Å². The van der Waals surface area contributed by atoms with Gasteiger partial charge in [-0.3, -0.25) is 24.9 Å². The summed E-state index contributed by atoms with van der Waals surface area (Å²) in [7, 11) is 0.790. The number of hydrogen-bond donors (Lipinski definition) is 6. The molecule has 6 heterocycles. The van der Waals surface area contributed by atoms with Crippen molar-refractivity contribution in [3.05, 3.63) is 113 Å². The van der Waals surface area contributed by atoms with E-state index in [4.69, 9.17) is 4.74 Å². The molecule has 4 aromatic rings. The number of alkyl halides is 6. The molecule has 2 aromatic heterocycles. The number of methoxy groups -OCH3 is 1. The second-order valence-corrected chi connectivity index (χ2v) is 20.4. The number of alkyl carbamates (subject to hydrolysis) is 1. The SMILES string of the molecule is COC(=O)N[C@H](C(=O)NN(Cc1c(F)cc(-c2cc(F)ccn2)cc1F)C[C@H](O)[C@H](Cc1ccc(C#Cc2ccc(N3CC4CC(C3)N4C3COC3)nc2)cc1)NC(=O)[C@@H](NC(=O)O)C(C)(C)C(F)(F)F)C(C)(C)C(F)(F)F. The van der Waals surface area contributed by atoms with Crippen molar-refractivity contribution in [2.24, 2.45) is 10.8 Å². The van der Waals surface area contributed by atoms with Crippen LogP contribution in [-0.4, -0.2) is 149 Å². The van der Waals surface area contributed by atoms with E-state index in [1.165, 1.54) is 24.3 Å². The number of benzene rings is 2. The molecular formula is C52H56F9N9O8. The number of aliphatic hydroxyl groups excluding tert-OH is 1.